The average Bonchev–Trinajstić information content (AvgIpc) is 2.47. The summed E-state index contributed by atoms with van der Waals surface area (Å²) in [5.41, 5.74) is -1.31. The highest BCUT2D eigenvalue weighted by atomic mass is 16.3. The third kappa shape index (κ3) is 1.70. The minimum atomic E-state index is -1.31. The quantitative estimate of drug-likeness (QED) is 0.678. The molecule has 0 aliphatic carbocycles. The molecule has 1 N–H and O–H groups in total. The Bertz CT molecular complexity index is 267. The van der Waals surface area contributed by atoms with Crippen LogP contribution < -0.4 is 0 Å². The summed E-state index contributed by atoms with van der Waals surface area (Å²) in [7, 11) is 0. The largest absolute Gasteiger partial charge is 0.370 e. The van der Waals surface area contributed by atoms with E-state index < -0.39 is 17.5 Å². The lowest BCUT2D eigenvalue weighted by atomic mass is 10.0. The van der Waals surface area contributed by atoms with Crippen molar-refractivity contribution in [2.75, 3.05) is 0 Å². The number of nitrogens with zero attached hydrogens (tertiary/aromatic N) is 1. The van der Waals surface area contributed by atoms with Gasteiger partial charge in [-0.1, -0.05) is 20.3 Å². The van der Waals surface area contributed by atoms with E-state index in [-0.39, 0.29) is 0 Å². The highest BCUT2D eigenvalue weighted by Gasteiger charge is 2.40. The molecule has 0 aromatic carbocycles. The molecule has 1 aliphatic rings. The number of amides is 2. The summed E-state index contributed by atoms with van der Waals surface area (Å²) in [6, 6.07) is 0. The van der Waals surface area contributed by atoms with E-state index in [4.69, 9.17) is 0 Å². The van der Waals surface area contributed by atoms with Crippen LogP contribution in [0.1, 0.15) is 33.1 Å². The standard InChI is InChI=1S/C10H15NO3/c1-3-7-10(14,4-2)11-8(12)5-6-9(11)13/h5-6,14H,3-4,7H2,1-2H3. The predicted octanol–water partition coefficient (Wildman–Crippen LogP) is 0.810. The number of hydrogen-bond donors (Lipinski definition) is 1. The topological polar surface area (TPSA) is 57.6 Å². The fraction of sp³-hybridized carbons (Fsp3) is 0.600. The van der Waals surface area contributed by atoms with Gasteiger partial charge in [-0.2, -0.15) is 0 Å². The molecule has 0 radical (unpaired) electrons. The molecule has 0 aromatic rings. The van der Waals surface area contributed by atoms with Crippen molar-refractivity contribution in [3.63, 3.8) is 0 Å². The molecule has 0 aromatic heterocycles. The van der Waals surface area contributed by atoms with E-state index in [1.54, 1.807) is 6.92 Å². The van der Waals surface area contributed by atoms with Crippen LogP contribution in [0.4, 0.5) is 0 Å². The van der Waals surface area contributed by atoms with Gasteiger partial charge in [-0.15, -0.1) is 0 Å². The molecule has 1 aliphatic heterocycles. The molecule has 4 heteroatoms. The summed E-state index contributed by atoms with van der Waals surface area (Å²) in [4.78, 5) is 23.6. The molecule has 78 valence electrons. The summed E-state index contributed by atoms with van der Waals surface area (Å²) in [5, 5.41) is 10.1. The summed E-state index contributed by atoms with van der Waals surface area (Å²) < 4.78 is 0. The second-order valence-corrected chi connectivity index (χ2v) is 3.43. The molecular weight excluding hydrogens is 182 g/mol. The molecule has 0 saturated heterocycles. The normalized spacial score (nSPS) is 20.4. The van der Waals surface area contributed by atoms with Crippen LogP contribution in [0.25, 0.3) is 0 Å². The fourth-order valence-corrected chi connectivity index (χ4v) is 1.66. The van der Waals surface area contributed by atoms with E-state index in [0.717, 1.165) is 11.3 Å². The first-order valence-corrected chi connectivity index (χ1v) is 4.83. The lowest BCUT2D eigenvalue weighted by Crippen LogP contribution is -2.51. The van der Waals surface area contributed by atoms with Crippen molar-refractivity contribution in [1.82, 2.24) is 4.90 Å². The van der Waals surface area contributed by atoms with Crippen LogP contribution in [0, 0.1) is 0 Å². The van der Waals surface area contributed by atoms with Gasteiger partial charge in [0.2, 0.25) is 0 Å². The summed E-state index contributed by atoms with van der Waals surface area (Å²) in [6.45, 7) is 3.66. The molecule has 0 spiro atoms. The lowest BCUT2D eigenvalue weighted by Gasteiger charge is -2.34. The Morgan fingerprint density at radius 2 is 1.79 bits per heavy atom. The maximum atomic E-state index is 11.3. The van der Waals surface area contributed by atoms with Gasteiger partial charge in [0.1, 0.15) is 5.72 Å². The zero-order valence-electron chi connectivity index (χ0n) is 8.49. The maximum absolute atomic E-state index is 11.3. The maximum Gasteiger partial charge on any atom is 0.255 e. The Morgan fingerprint density at radius 3 is 2.14 bits per heavy atom. The lowest BCUT2D eigenvalue weighted by molar-refractivity contribution is -0.166. The van der Waals surface area contributed by atoms with E-state index in [0.29, 0.717) is 12.8 Å². The van der Waals surface area contributed by atoms with Crippen molar-refractivity contribution in [3.05, 3.63) is 12.2 Å². The van der Waals surface area contributed by atoms with Crippen LogP contribution >= 0.6 is 0 Å². The van der Waals surface area contributed by atoms with Crippen molar-refractivity contribution >= 4 is 11.8 Å². The van der Waals surface area contributed by atoms with Gasteiger partial charge in [-0.3, -0.25) is 9.59 Å². The van der Waals surface area contributed by atoms with Gasteiger partial charge in [0.05, 0.1) is 0 Å². The highest BCUT2D eigenvalue weighted by molar-refractivity contribution is 6.13. The van der Waals surface area contributed by atoms with Crippen LogP contribution in [-0.4, -0.2) is 27.5 Å². The van der Waals surface area contributed by atoms with Crippen molar-refractivity contribution in [2.24, 2.45) is 0 Å². The Kier molecular flexibility index (Phi) is 3.06. The molecule has 4 nitrogen and oxygen atoms in total. The number of aliphatic hydroxyl groups is 1. The van der Waals surface area contributed by atoms with Gasteiger partial charge in [-0.05, 0) is 12.8 Å². The number of hydrogen-bond acceptors (Lipinski definition) is 3. The third-order valence-electron chi connectivity index (χ3n) is 2.44. The van der Waals surface area contributed by atoms with Crippen molar-refractivity contribution < 1.29 is 14.7 Å². The molecule has 0 bridgehead atoms. The van der Waals surface area contributed by atoms with Gasteiger partial charge < -0.3 is 5.11 Å². The first-order chi connectivity index (χ1) is 6.55. The molecule has 0 fully saturated rings. The summed E-state index contributed by atoms with van der Waals surface area (Å²) >= 11 is 0. The van der Waals surface area contributed by atoms with Crippen molar-refractivity contribution in [2.45, 2.75) is 38.8 Å². The van der Waals surface area contributed by atoms with Gasteiger partial charge >= 0.3 is 0 Å². The second-order valence-electron chi connectivity index (χ2n) is 3.43. The van der Waals surface area contributed by atoms with Crippen LogP contribution in [0.2, 0.25) is 0 Å². The first kappa shape index (κ1) is 10.9. The minimum absolute atomic E-state index is 0.361. The van der Waals surface area contributed by atoms with E-state index >= 15 is 0 Å². The van der Waals surface area contributed by atoms with Crippen molar-refractivity contribution in [3.8, 4) is 0 Å². The zero-order valence-corrected chi connectivity index (χ0v) is 8.49. The van der Waals surface area contributed by atoms with E-state index in [1.807, 2.05) is 6.92 Å². The summed E-state index contributed by atoms with van der Waals surface area (Å²) in [5.74, 6) is -0.847. The molecule has 14 heavy (non-hydrogen) atoms. The van der Waals surface area contributed by atoms with Crippen LogP contribution in [0.5, 0.6) is 0 Å². The van der Waals surface area contributed by atoms with Crippen LogP contribution in [-0.2, 0) is 9.59 Å². The third-order valence-corrected chi connectivity index (χ3v) is 2.44. The molecule has 2 amide bonds. The number of carbonyl (C=O) groups is 2. The molecule has 0 saturated carbocycles. The van der Waals surface area contributed by atoms with Crippen molar-refractivity contribution in [1.29, 1.82) is 0 Å². The average molecular weight is 197 g/mol. The molecular formula is C10H15NO3. The Balaban J connectivity index is 2.89. The molecule has 1 atom stereocenters. The summed E-state index contributed by atoms with van der Waals surface area (Å²) in [6.07, 6.45) is 3.89. The smallest absolute Gasteiger partial charge is 0.255 e. The predicted molar refractivity (Wildman–Crippen MR) is 51.1 cm³/mol. The molecule has 1 heterocycles. The van der Waals surface area contributed by atoms with Gasteiger partial charge in [-0.25, -0.2) is 4.90 Å². The molecule has 1 rings (SSSR count). The molecule has 1 unspecified atom stereocenters. The SMILES string of the molecule is CCCC(O)(CC)N1C(=O)C=CC1=O. The minimum Gasteiger partial charge on any atom is -0.370 e. The second kappa shape index (κ2) is 3.92. The van der Waals surface area contributed by atoms with E-state index in [9.17, 15) is 14.7 Å². The van der Waals surface area contributed by atoms with Gasteiger partial charge in [0.25, 0.3) is 11.8 Å². The Hall–Kier alpha value is -1.16. The van der Waals surface area contributed by atoms with Gasteiger partial charge in [0.15, 0.2) is 0 Å². The van der Waals surface area contributed by atoms with E-state index in [1.165, 1.54) is 12.2 Å². The van der Waals surface area contributed by atoms with Crippen LogP contribution in [0.15, 0.2) is 12.2 Å². The number of carbonyl (C=O) groups excluding carboxylic acids is 2. The number of rotatable bonds is 4. The highest BCUT2D eigenvalue weighted by Crippen LogP contribution is 2.25. The van der Waals surface area contributed by atoms with Crippen LogP contribution in [0.3, 0.4) is 0 Å². The Labute approximate surface area is 83.2 Å². The van der Waals surface area contributed by atoms with Gasteiger partial charge in [0, 0.05) is 12.2 Å². The fourth-order valence-electron chi connectivity index (χ4n) is 1.66. The number of imide groups is 1. The first-order valence-electron chi connectivity index (χ1n) is 4.83. The monoisotopic (exact) mass is 197 g/mol. The van der Waals surface area contributed by atoms with E-state index in [2.05, 4.69) is 0 Å². The zero-order chi connectivity index (χ0) is 10.8. The Morgan fingerprint density at radius 1 is 1.29 bits per heavy atom.